The fourth-order valence-electron chi connectivity index (χ4n) is 3.01. The number of nitrogens with one attached hydrogen (secondary N) is 1. The molecular formula is C16H25ClN2O3S. The highest BCUT2D eigenvalue weighted by molar-refractivity contribution is 7.89. The largest absolute Gasteiger partial charge is 0.326 e. The van der Waals surface area contributed by atoms with Crippen LogP contribution in [0.15, 0.2) is 24.3 Å². The van der Waals surface area contributed by atoms with Gasteiger partial charge in [-0.3, -0.25) is 4.79 Å². The summed E-state index contributed by atoms with van der Waals surface area (Å²) >= 11 is 0. The zero-order chi connectivity index (χ0) is 16.4. The number of rotatable bonds is 4. The second-order valence-electron chi connectivity index (χ2n) is 6.56. The van der Waals surface area contributed by atoms with Crippen LogP contribution in [0, 0.1) is 5.92 Å². The van der Waals surface area contributed by atoms with Crippen LogP contribution in [-0.2, 0) is 20.4 Å². The predicted molar refractivity (Wildman–Crippen MR) is 95.4 cm³/mol. The summed E-state index contributed by atoms with van der Waals surface area (Å²) in [5, 5.41) is 2.89. The highest BCUT2D eigenvalue weighted by atomic mass is 35.5. The Labute approximate surface area is 144 Å². The van der Waals surface area contributed by atoms with Crippen LogP contribution in [0.5, 0.6) is 0 Å². The molecule has 0 aromatic heterocycles. The van der Waals surface area contributed by atoms with Crippen LogP contribution >= 0.6 is 12.4 Å². The van der Waals surface area contributed by atoms with E-state index in [0.29, 0.717) is 11.3 Å². The smallest absolute Gasteiger partial charge is 0.229 e. The van der Waals surface area contributed by atoms with E-state index in [2.05, 4.69) is 5.32 Å². The molecule has 130 valence electrons. The molecule has 0 aliphatic heterocycles. The van der Waals surface area contributed by atoms with Gasteiger partial charge in [-0.1, -0.05) is 25.0 Å². The second kappa shape index (κ2) is 7.64. The third-order valence-corrected chi connectivity index (χ3v) is 5.08. The zero-order valence-corrected chi connectivity index (χ0v) is 15.2. The lowest BCUT2D eigenvalue weighted by Crippen LogP contribution is -2.51. The van der Waals surface area contributed by atoms with E-state index < -0.39 is 15.4 Å². The molecule has 2 atom stereocenters. The summed E-state index contributed by atoms with van der Waals surface area (Å²) in [5.41, 5.74) is 7.16. The maximum atomic E-state index is 12.4. The number of amides is 1. The van der Waals surface area contributed by atoms with Crippen LogP contribution < -0.4 is 11.1 Å². The number of hydrogen-bond acceptors (Lipinski definition) is 4. The van der Waals surface area contributed by atoms with E-state index in [1.807, 2.05) is 6.92 Å². The Balaban J connectivity index is 0.00000264. The Morgan fingerprint density at radius 2 is 1.91 bits per heavy atom. The normalized spacial score (nSPS) is 24.6. The van der Waals surface area contributed by atoms with Gasteiger partial charge in [-0.25, -0.2) is 8.42 Å². The van der Waals surface area contributed by atoms with E-state index in [4.69, 9.17) is 5.73 Å². The van der Waals surface area contributed by atoms with Crippen LogP contribution in [0.25, 0.3) is 0 Å². The number of carbonyl (C=O) groups excluding carboxylic acids is 1. The third-order valence-electron chi connectivity index (χ3n) is 4.22. The summed E-state index contributed by atoms with van der Waals surface area (Å²) in [6.45, 7) is 1.94. The summed E-state index contributed by atoms with van der Waals surface area (Å²) < 4.78 is 22.5. The lowest BCUT2D eigenvalue weighted by molar-refractivity contribution is -0.122. The Hall–Kier alpha value is -1.11. The van der Waals surface area contributed by atoms with Gasteiger partial charge in [0.15, 0.2) is 9.84 Å². The lowest BCUT2D eigenvalue weighted by atomic mass is 9.74. The van der Waals surface area contributed by atoms with Crippen molar-refractivity contribution in [3.8, 4) is 0 Å². The first-order valence-electron chi connectivity index (χ1n) is 7.54. The summed E-state index contributed by atoms with van der Waals surface area (Å²) in [5.74, 6) is -0.234. The second-order valence-corrected chi connectivity index (χ2v) is 8.70. The van der Waals surface area contributed by atoms with Gasteiger partial charge in [-0.05, 0) is 37.5 Å². The molecule has 0 saturated heterocycles. The fraction of sp³-hybridized carbons (Fsp3) is 0.562. The van der Waals surface area contributed by atoms with Crippen LogP contribution in [0.4, 0.5) is 5.69 Å². The maximum absolute atomic E-state index is 12.4. The minimum Gasteiger partial charge on any atom is -0.326 e. The van der Waals surface area contributed by atoms with Gasteiger partial charge in [-0.15, -0.1) is 12.4 Å². The van der Waals surface area contributed by atoms with Crippen LogP contribution in [-0.4, -0.2) is 26.1 Å². The highest BCUT2D eigenvalue weighted by Crippen LogP contribution is 2.32. The van der Waals surface area contributed by atoms with Gasteiger partial charge in [-0.2, -0.15) is 0 Å². The molecular weight excluding hydrogens is 336 g/mol. The van der Waals surface area contributed by atoms with Crippen molar-refractivity contribution in [3.05, 3.63) is 29.8 Å². The Morgan fingerprint density at radius 3 is 2.43 bits per heavy atom. The van der Waals surface area contributed by atoms with Gasteiger partial charge in [0, 0.05) is 17.5 Å². The number of carbonyl (C=O) groups is 1. The SMILES string of the molecule is CC1(N)CCCCC1C(=O)Nc1ccc(CS(C)(=O)=O)cc1.Cl. The van der Waals surface area contributed by atoms with Crippen molar-refractivity contribution < 1.29 is 13.2 Å². The molecule has 1 aliphatic rings. The van der Waals surface area contributed by atoms with Crippen LogP contribution in [0.1, 0.15) is 38.2 Å². The number of hydrogen-bond donors (Lipinski definition) is 2. The van der Waals surface area contributed by atoms with Gasteiger partial charge in [0.05, 0.1) is 11.7 Å². The standard InChI is InChI=1S/C16H24N2O3S.ClH/c1-16(17)10-4-3-5-14(16)15(19)18-13-8-6-12(7-9-13)11-22(2,20)21;/h6-9,14H,3-5,10-11,17H2,1-2H3,(H,18,19);1H. The van der Waals surface area contributed by atoms with E-state index in [1.165, 1.54) is 6.26 Å². The van der Waals surface area contributed by atoms with Gasteiger partial charge in [0.25, 0.3) is 0 Å². The molecule has 1 amide bonds. The average Bonchev–Trinajstić information content (AvgIpc) is 2.38. The monoisotopic (exact) mass is 360 g/mol. The predicted octanol–water partition coefficient (Wildman–Crippen LogP) is 2.50. The first-order valence-corrected chi connectivity index (χ1v) is 9.60. The molecule has 1 aromatic carbocycles. The molecule has 0 radical (unpaired) electrons. The molecule has 2 rings (SSSR count). The number of anilines is 1. The van der Waals surface area contributed by atoms with E-state index >= 15 is 0 Å². The van der Waals surface area contributed by atoms with Crippen molar-refractivity contribution in [2.45, 2.75) is 43.9 Å². The van der Waals surface area contributed by atoms with Gasteiger partial charge < -0.3 is 11.1 Å². The van der Waals surface area contributed by atoms with Crippen molar-refractivity contribution in [1.29, 1.82) is 0 Å². The van der Waals surface area contributed by atoms with Crippen molar-refractivity contribution in [2.75, 3.05) is 11.6 Å². The molecule has 1 aromatic rings. The van der Waals surface area contributed by atoms with Crippen molar-refractivity contribution >= 4 is 33.8 Å². The van der Waals surface area contributed by atoms with E-state index in [-0.39, 0.29) is 30.0 Å². The van der Waals surface area contributed by atoms with Crippen molar-refractivity contribution in [1.82, 2.24) is 0 Å². The Kier molecular flexibility index (Phi) is 6.62. The minimum absolute atomic E-state index is 0. The van der Waals surface area contributed by atoms with Crippen molar-refractivity contribution in [2.24, 2.45) is 11.7 Å². The number of sulfone groups is 1. The molecule has 1 saturated carbocycles. The molecule has 2 unspecified atom stereocenters. The molecule has 5 nitrogen and oxygen atoms in total. The van der Waals surface area contributed by atoms with Crippen LogP contribution in [0.3, 0.4) is 0 Å². The average molecular weight is 361 g/mol. The minimum atomic E-state index is -3.05. The Bertz CT molecular complexity index is 642. The highest BCUT2D eigenvalue weighted by Gasteiger charge is 2.37. The Morgan fingerprint density at radius 1 is 1.30 bits per heavy atom. The summed E-state index contributed by atoms with van der Waals surface area (Å²) in [7, 11) is -3.05. The van der Waals surface area contributed by atoms with E-state index in [0.717, 1.165) is 25.7 Å². The molecule has 23 heavy (non-hydrogen) atoms. The van der Waals surface area contributed by atoms with E-state index in [1.54, 1.807) is 24.3 Å². The molecule has 7 heteroatoms. The third kappa shape index (κ3) is 5.79. The first-order chi connectivity index (χ1) is 10.2. The molecule has 0 bridgehead atoms. The molecule has 1 fully saturated rings. The number of halogens is 1. The molecule has 1 aliphatic carbocycles. The van der Waals surface area contributed by atoms with Gasteiger partial charge in [0.2, 0.25) is 5.91 Å². The number of benzene rings is 1. The van der Waals surface area contributed by atoms with Crippen LogP contribution in [0.2, 0.25) is 0 Å². The maximum Gasteiger partial charge on any atom is 0.229 e. The molecule has 0 heterocycles. The zero-order valence-electron chi connectivity index (χ0n) is 13.5. The topological polar surface area (TPSA) is 89.3 Å². The fourth-order valence-corrected chi connectivity index (χ4v) is 3.80. The summed E-state index contributed by atoms with van der Waals surface area (Å²) in [4.78, 5) is 12.4. The van der Waals surface area contributed by atoms with Crippen molar-refractivity contribution in [3.63, 3.8) is 0 Å². The quantitative estimate of drug-likeness (QED) is 0.863. The summed E-state index contributed by atoms with van der Waals surface area (Å²) in [6, 6.07) is 6.91. The first kappa shape index (κ1) is 19.9. The number of nitrogens with two attached hydrogens (primary N) is 1. The lowest BCUT2D eigenvalue weighted by Gasteiger charge is -2.37. The molecule has 3 N–H and O–H groups in total. The summed E-state index contributed by atoms with van der Waals surface area (Å²) in [6.07, 6.45) is 4.96. The van der Waals surface area contributed by atoms with E-state index in [9.17, 15) is 13.2 Å². The van der Waals surface area contributed by atoms with Gasteiger partial charge >= 0.3 is 0 Å². The van der Waals surface area contributed by atoms with Gasteiger partial charge in [0.1, 0.15) is 0 Å². The molecule has 0 spiro atoms.